The van der Waals surface area contributed by atoms with E-state index in [1.807, 2.05) is 0 Å². The smallest absolute Gasteiger partial charge is 0.169 e. The minimum atomic E-state index is -1.02. The van der Waals surface area contributed by atoms with Crippen molar-refractivity contribution in [2.75, 3.05) is 13.2 Å². The van der Waals surface area contributed by atoms with Crippen molar-refractivity contribution in [2.45, 2.75) is 100 Å². The monoisotopic (exact) mass is 342 g/mol. The summed E-state index contributed by atoms with van der Waals surface area (Å²) in [6, 6.07) is 0. The summed E-state index contributed by atoms with van der Waals surface area (Å²) in [6.07, 6.45) is 7.25. The molecule has 2 aliphatic carbocycles. The number of ether oxygens (including phenoxy) is 4. The van der Waals surface area contributed by atoms with Crippen molar-refractivity contribution in [2.24, 2.45) is 0 Å². The van der Waals surface area contributed by atoms with E-state index in [-0.39, 0.29) is 0 Å². The van der Waals surface area contributed by atoms with Gasteiger partial charge in [0, 0.05) is 25.7 Å². The molecule has 6 nitrogen and oxygen atoms in total. The van der Waals surface area contributed by atoms with Crippen molar-refractivity contribution in [1.29, 1.82) is 0 Å². The molecule has 4 atom stereocenters. The molecule has 138 valence electrons. The molecule has 2 saturated carbocycles. The topological polar surface area (TPSA) is 77.4 Å². The first-order chi connectivity index (χ1) is 11.6. The maximum atomic E-state index is 10.6. The second-order valence-corrected chi connectivity index (χ2v) is 7.86. The van der Waals surface area contributed by atoms with Crippen LogP contribution in [0.5, 0.6) is 0 Å². The molecule has 0 bridgehead atoms. The number of hydrogen-bond donors (Lipinski definition) is 2. The van der Waals surface area contributed by atoms with E-state index < -0.39 is 36.0 Å². The Morgan fingerprint density at radius 1 is 0.625 bits per heavy atom. The predicted molar refractivity (Wildman–Crippen MR) is 85.3 cm³/mol. The van der Waals surface area contributed by atoms with Crippen LogP contribution >= 0.6 is 0 Å². The number of aliphatic hydroxyl groups is 2. The fourth-order valence-corrected chi connectivity index (χ4v) is 4.64. The average Bonchev–Trinajstić information content (AvgIpc) is 3.20. The van der Waals surface area contributed by atoms with E-state index in [2.05, 4.69) is 0 Å². The third-order valence-electron chi connectivity index (χ3n) is 6.10. The van der Waals surface area contributed by atoms with Crippen LogP contribution in [0.25, 0.3) is 0 Å². The van der Waals surface area contributed by atoms with E-state index in [1.54, 1.807) is 0 Å². The van der Waals surface area contributed by atoms with E-state index in [0.717, 1.165) is 51.4 Å². The standard InChI is InChI=1S/C18H30O6/c19-15(13-11-21-17(23-13)7-3-1-4-8-17)16(20)14-12-22-18(24-14)9-5-2-6-10-18/h13-16,19-20H,1-12H2/t13-,14-,15-,16+/m1/s1. The van der Waals surface area contributed by atoms with E-state index in [0.29, 0.717) is 13.2 Å². The van der Waals surface area contributed by atoms with Crippen LogP contribution < -0.4 is 0 Å². The highest BCUT2D eigenvalue weighted by atomic mass is 16.8. The van der Waals surface area contributed by atoms with Gasteiger partial charge in [-0.25, -0.2) is 0 Å². The highest BCUT2D eigenvalue weighted by molar-refractivity contribution is 4.93. The maximum Gasteiger partial charge on any atom is 0.169 e. The molecule has 0 radical (unpaired) electrons. The number of hydrogen-bond acceptors (Lipinski definition) is 6. The first-order valence-corrected chi connectivity index (χ1v) is 9.61. The molecule has 4 fully saturated rings. The van der Waals surface area contributed by atoms with Gasteiger partial charge in [-0.15, -0.1) is 0 Å². The number of aliphatic hydroxyl groups excluding tert-OH is 2. The first-order valence-electron chi connectivity index (χ1n) is 9.61. The molecule has 24 heavy (non-hydrogen) atoms. The highest BCUT2D eigenvalue weighted by Gasteiger charge is 2.50. The summed E-state index contributed by atoms with van der Waals surface area (Å²) in [5.74, 6) is -1.08. The SMILES string of the molecule is O[C@H]([C@H](O)[C@H]1COC2(CCCCC2)O1)[C@H]1COC2(CCCCC2)O1. The van der Waals surface area contributed by atoms with Crippen molar-refractivity contribution in [3.05, 3.63) is 0 Å². The van der Waals surface area contributed by atoms with Gasteiger partial charge in [0.1, 0.15) is 24.4 Å². The summed E-state index contributed by atoms with van der Waals surface area (Å²) in [5.41, 5.74) is 0. The molecular formula is C18H30O6. The van der Waals surface area contributed by atoms with Crippen LogP contribution in [0.2, 0.25) is 0 Å². The molecule has 0 amide bonds. The van der Waals surface area contributed by atoms with Crippen LogP contribution in [0.4, 0.5) is 0 Å². The summed E-state index contributed by atoms with van der Waals surface area (Å²) < 4.78 is 23.8. The minimum Gasteiger partial charge on any atom is -0.387 e. The lowest BCUT2D eigenvalue weighted by atomic mass is 9.94. The molecule has 2 N–H and O–H groups in total. The summed E-state index contributed by atoms with van der Waals surface area (Å²) in [4.78, 5) is 0. The normalized spacial score (nSPS) is 37.8. The van der Waals surface area contributed by atoms with Crippen molar-refractivity contribution in [1.82, 2.24) is 0 Å². The molecular weight excluding hydrogens is 312 g/mol. The Labute approximate surface area is 143 Å². The van der Waals surface area contributed by atoms with E-state index in [9.17, 15) is 10.2 Å². The van der Waals surface area contributed by atoms with Crippen LogP contribution in [0.15, 0.2) is 0 Å². The van der Waals surface area contributed by atoms with E-state index in [4.69, 9.17) is 18.9 Å². The minimum absolute atomic E-state index is 0.330. The molecule has 2 aliphatic heterocycles. The molecule has 0 unspecified atom stereocenters. The summed E-state index contributed by atoms with van der Waals surface area (Å²) >= 11 is 0. The zero-order valence-electron chi connectivity index (χ0n) is 14.3. The van der Waals surface area contributed by atoms with Gasteiger partial charge in [-0.3, -0.25) is 0 Å². The Hall–Kier alpha value is -0.240. The molecule has 0 aromatic rings. The van der Waals surface area contributed by atoms with Crippen molar-refractivity contribution >= 4 is 0 Å². The lowest BCUT2D eigenvalue weighted by Crippen LogP contribution is -2.48. The maximum absolute atomic E-state index is 10.6. The van der Waals surface area contributed by atoms with Crippen LogP contribution in [0.1, 0.15) is 64.2 Å². The molecule has 0 aromatic carbocycles. The fourth-order valence-electron chi connectivity index (χ4n) is 4.64. The van der Waals surface area contributed by atoms with Gasteiger partial charge in [0.15, 0.2) is 11.6 Å². The Morgan fingerprint density at radius 2 is 1.00 bits per heavy atom. The van der Waals surface area contributed by atoms with Gasteiger partial charge >= 0.3 is 0 Å². The summed E-state index contributed by atoms with van der Waals surface area (Å²) in [6.45, 7) is 0.661. The van der Waals surface area contributed by atoms with Gasteiger partial charge in [-0.05, 0) is 25.7 Å². The van der Waals surface area contributed by atoms with Gasteiger partial charge in [0.25, 0.3) is 0 Å². The van der Waals surface area contributed by atoms with Crippen LogP contribution in [0.3, 0.4) is 0 Å². The molecule has 2 spiro atoms. The third kappa shape index (κ3) is 3.24. The highest BCUT2D eigenvalue weighted by Crippen LogP contribution is 2.41. The van der Waals surface area contributed by atoms with Crippen molar-refractivity contribution < 1.29 is 29.2 Å². The Kier molecular flexibility index (Phi) is 4.88. The van der Waals surface area contributed by atoms with E-state index in [1.165, 1.54) is 12.8 Å². The molecule has 4 aliphatic rings. The van der Waals surface area contributed by atoms with Gasteiger partial charge in [0.05, 0.1) is 13.2 Å². The second-order valence-electron chi connectivity index (χ2n) is 7.86. The predicted octanol–water partition coefficient (Wildman–Crippen LogP) is 1.86. The zero-order valence-corrected chi connectivity index (χ0v) is 14.3. The van der Waals surface area contributed by atoms with Gasteiger partial charge in [-0.2, -0.15) is 0 Å². The second kappa shape index (κ2) is 6.82. The molecule has 6 heteroatoms. The van der Waals surface area contributed by atoms with Crippen LogP contribution in [0, 0.1) is 0 Å². The Balaban J connectivity index is 1.34. The van der Waals surface area contributed by atoms with Crippen molar-refractivity contribution in [3.63, 3.8) is 0 Å². The summed E-state index contributed by atoms with van der Waals surface area (Å²) in [5, 5.41) is 21.2. The van der Waals surface area contributed by atoms with E-state index >= 15 is 0 Å². The van der Waals surface area contributed by atoms with Gasteiger partial charge < -0.3 is 29.2 Å². The largest absolute Gasteiger partial charge is 0.387 e. The summed E-state index contributed by atoms with van der Waals surface area (Å²) in [7, 11) is 0. The van der Waals surface area contributed by atoms with Crippen LogP contribution in [-0.4, -0.2) is 59.4 Å². The molecule has 2 heterocycles. The Morgan fingerprint density at radius 3 is 1.38 bits per heavy atom. The molecule has 2 saturated heterocycles. The zero-order chi connectivity index (χ0) is 16.6. The lowest BCUT2D eigenvalue weighted by molar-refractivity contribution is -0.217. The van der Waals surface area contributed by atoms with Gasteiger partial charge in [-0.1, -0.05) is 12.8 Å². The first kappa shape index (κ1) is 17.2. The van der Waals surface area contributed by atoms with Crippen LogP contribution in [-0.2, 0) is 18.9 Å². The van der Waals surface area contributed by atoms with Crippen molar-refractivity contribution in [3.8, 4) is 0 Å². The average molecular weight is 342 g/mol. The molecule has 4 rings (SSSR count). The lowest BCUT2D eigenvalue weighted by Gasteiger charge is -2.34. The number of rotatable bonds is 3. The molecule has 0 aromatic heterocycles. The van der Waals surface area contributed by atoms with Gasteiger partial charge in [0.2, 0.25) is 0 Å². The third-order valence-corrected chi connectivity index (χ3v) is 6.10. The fraction of sp³-hybridized carbons (Fsp3) is 1.00. The Bertz CT molecular complexity index is 389. The quantitative estimate of drug-likeness (QED) is 0.815.